The molecule has 1 heterocycles. The van der Waals surface area contributed by atoms with E-state index in [2.05, 4.69) is 30.9 Å². The highest BCUT2D eigenvalue weighted by molar-refractivity contribution is 5.82. The van der Waals surface area contributed by atoms with Crippen LogP contribution in [0.4, 0.5) is 5.69 Å². The lowest BCUT2D eigenvalue weighted by molar-refractivity contribution is -0.129. The molecule has 4 heteroatoms. The maximum Gasteiger partial charge on any atom is 0.242 e. The van der Waals surface area contributed by atoms with E-state index in [1.54, 1.807) is 0 Å². The monoisotopic (exact) mass is 289 g/mol. The molecule has 1 aromatic rings. The predicted octanol–water partition coefficient (Wildman–Crippen LogP) is 2.03. The van der Waals surface area contributed by atoms with Gasteiger partial charge in [0.2, 0.25) is 5.91 Å². The summed E-state index contributed by atoms with van der Waals surface area (Å²) in [5, 5.41) is 0. The van der Waals surface area contributed by atoms with Gasteiger partial charge in [0, 0.05) is 31.4 Å². The number of nitrogens with zero attached hydrogens (tertiary/aromatic N) is 2. The Morgan fingerprint density at radius 1 is 1.29 bits per heavy atom. The number of benzene rings is 1. The van der Waals surface area contributed by atoms with Crippen molar-refractivity contribution >= 4 is 11.6 Å². The summed E-state index contributed by atoms with van der Waals surface area (Å²) in [6.07, 6.45) is 2.90. The van der Waals surface area contributed by atoms with Gasteiger partial charge in [-0.15, -0.1) is 0 Å². The Labute approximate surface area is 127 Å². The zero-order chi connectivity index (χ0) is 15.2. The summed E-state index contributed by atoms with van der Waals surface area (Å²) in [6.45, 7) is 7.10. The summed E-state index contributed by atoms with van der Waals surface area (Å²) in [7, 11) is 0. The van der Waals surface area contributed by atoms with Gasteiger partial charge in [-0.3, -0.25) is 4.79 Å². The Morgan fingerprint density at radius 3 is 2.62 bits per heavy atom. The molecule has 1 aliphatic heterocycles. The molecule has 0 aliphatic carbocycles. The van der Waals surface area contributed by atoms with Crippen molar-refractivity contribution in [2.75, 3.05) is 31.1 Å². The number of para-hydroxylation sites is 1. The van der Waals surface area contributed by atoms with Gasteiger partial charge in [0.1, 0.15) is 0 Å². The lowest BCUT2D eigenvalue weighted by Crippen LogP contribution is -2.48. The molecule has 1 unspecified atom stereocenters. The van der Waals surface area contributed by atoms with Gasteiger partial charge in [-0.05, 0) is 30.9 Å². The minimum atomic E-state index is 0.110. The van der Waals surface area contributed by atoms with Crippen LogP contribution in [0, 0.1) is 0 Å². The Morgan fingerprint density at radius 2 is 1.95 bits per heavy atom. The standard InChI is InChI=1S/C17H27N3O/c1-3-9-19(10-4-2)17(21)13-20-12-15(18)11-14-7-5-6-8-16(14)20/h5-8,15H,3-4,9-13,18H2,1-2H3. The van der Waals surface area contributed by atoms with E-state index in [0.717, 1.165) is 38.9 Å². The SMILES string of the molecule is CCCN(CCC)C(=O)CN1CC(N)Cc2ccccc21. The van der Waals surface area contributed by atoms with E-state index in [4.69, 9.17) is 5.73 Å². The normalized spacial score (nSPS) is 17.5. The molecule has 1 atom stereocenters. The number of fused-ring (bicyclic) bond motifs is 1. The van der Waals surface area contributed by atoms with Crippen molar-refractivity contribution in [2.24, 2.45) is 5.73 Å². The predicted molar refractivity (Wildman–Crippen MR) is 87.5 cm³/mol. The second-order valence-corrected chi connectivity index (χ2v) is 5.85. The summed E-state index contributed by atoms with van der Waals surface area (Å²) in [5.74, 6) is 0.211. The van der Waals surface area contributed by atoms with Crippen LogP contribution >= 0.6 is 0 Å². The van der Waals surface area contributed by atoms with Crippen molar-refractivity contribution in [1.29, 1.82) is 0 Å². The molecule has 116 valence electrons. The van der Waals surface area contributed by atoms with Gasteiger partial charge in [0.05, 0.1) is 6.54 Å². The second-order valence-electron chi connectivity index (χ2n) is 5.85. The maximum absolute atomic E-state index is 12.6. The number of carbonyl (C=O) groups excluding carboxylic acids is 1. The third kappa shape index (κ3) is 3.97. The zero-order valence-corrected chi connectivity index (χ0v) is 13.2. The molecule has 1 amide bonds. The molecular weight excluding hydrogens is 262 g/mol. The fraction of sp³-hybridized carbons (Fsp3) is 0.588. The van der Waals surface area contributed by atoms with Crippen molar-refractivity contribution in [3.63, 3.8) is 0 Å². The third-order valence-electron chi connectivity index (χ3n) is 3.94. The fourth-order valence-corrected chi connectivity index (χ4v) is 3.03. The quantitative estimate of drug-likeness (QED) is 0.871. The van der Waals surface area contributed by atoms with Crippen molar-refractivity contribution in [2.45, 2.75) is 39.2 Å². The van der Waals surface area contributed by atoms with Crippen LogP contribution in [-0.4, -0.2) is 43.0 Å². The van der Waals surface area contributed by atoms with Crippen LogP contribution in [0.3, 0.4) is 0 Å². The molecule has 1 aliphatic rings. The van der Waals surface area contributed by atoms with Gasteiger partial charge in [-0.2, -0.15) is 0 Å². The first-order valence-electron chi connectivity index (χ1n) is 8.01. The lowest BCUT2D eigenvalue weighted by Gasteiger charge is -2.35. The second kappa shape index (κ2) is 7.46. The van der Waals surface area contributed by atoms with Crippen molar-refractivity contribution in [1.82, 2.24) is 4.90 Å². The Hall–Kier alpha value is -1.55. The van der Waals surface area contributed by atoms with E-state index in [0.29, 0.717) is 6.54 Å². The van der Waals surface area contributed by atoms with E-state index in [1.165, 1.54) is 11.3 Å². The molecule has 0 radical (unpaired) electrons. The van der Waals surface area contributed by atoms with Gasteiger partial charge < -0.3 is 15.5 Å². The highest BCUT2D eigenvalue weighted by Gasteiger charge is 2.24. The summed E-state index contributed by atoms with van der Waals surface area (Å²) in [5.41, 5.74) is 8.56. The number of nitrogens with two attached hydrogens (primary N) is 1. The molecule has 4 nitrogen and oxygen atoms in total. The van der Waals surface area contributed by atoms with Crippen molar-refractivity contribution in [3.05, 3.63) is 29.8 Å². The lowest BCUT2D eigenvalue weighted by atomic mass is 9.98. The zero-order valence-electron chi connectivity index (χ0n) is 13.2. The van der Waals surface area contributed by atoms with Gasteiger partial charge in [0.15, 0.2) is 0 Å². The molecule has 0 bridgehead atoms. The Balaban J connectivity index is 2.09. The Kier molecular flexibility index (Phi) is 5.62. The van der Waals surface area contributed by atoms with Crippen molar-refractivity contribution in [3.8, 4) is 0 Å². The molecule has 0 spiro atoms. The molecule has 21 heavy (non-hydrogen) atoms. The van der Waals surface area contributed by atoms with Crippen LogP contribution < -0.4 is 10.6 Å². The first-order chi connectivity index (χ1) is 10.2. The minimum Gasteiger partial charge on any atom is -0.360 e. The summed E-state index contributed by atoms with van der Waals surface area (Å²) < 4.78 is 0. The van der Waals surface area contributed by atoms with Gasteiger partial charge in [-0.1, -0.05) is 32.0 Å². The molecule has 0 aromatic heterocycles. The number of amides is 1. The molecule has 1 aromatic carbocycles. The van der Waals surface area contributed by atoms with E-state index < -0.39 is 0 Å². The van der Waals surface area contributed by atoms with Gasteiger partial charge in [-0.25, -0.2) is 0 Å². The topological polar surface area (TPSA) is 49.6 Å². The minimum absolute atomic E-state index is 0.110. The summed E-state index contributed by atoms with van der Waals surface area (Å²) in [6, 6.07) is 8.39. The largest absolute Gasteiger partial charge is 0.360 e. The van der Waals surface area contributed by atoms with Crippen LogP contribution in [0.2, 0.25) is 0 Å². The smallest absolute Gasteiger partial charge is 0.242 e. The number of hydrogen-bond donors (Lipinski definition) is 1. The van der Waals surface area contributed by atoms with E-state index in [1.807, 2.05) is 17.0 Å². The highest BCUT2D eigenvalue weighted by Crippen LogP contribution is 2.26. The first-order valence-corrected chi connectivity index (χ1v) is 8.01. The van der Waals surface area contributed by atoms with Crippen LogP contribution in [0.25, 0.3) is 0 Å². The van der Waals surface area contributed by atoms with Gasteiger partial charge in [0.25, 0.3) is 0 Å². The molecule has 0 fully saturated rings. The maximum atomic E-state index is 12.6. The van der Waals surface area contributed by atoms with Crippen LogP contribution in [0.15, 0.2) is 24.3 Å². The van der Waals surface area contributed by atoms with Gasteiger partial charge >= 0.3 is 0 Å². The van der Waals surface area contributed by atoms with E-state index in [-0.39, 0.29) is 11.9 Å². The molecule has 2 N–H and O–H groups in total. The number of hydrogen-bond acceptors (Lipinski definition) is 3. The number of carbonyl (C=O) groups is 1. The van der Waals surface area contributed by atoms with Crippen LogP contribution in [-0.2, 0) is 11.2 Å². The molecule has 0 saturated heterocycles. The Bertz CT molecular complexity index is 469. The average Bonchev–Trinajstić information content (AvgIpc) is 2.46. The first kappa shape index (κ1) is 15.8. The number of rotatable bonds is 6. The van der Waals surface area contributed by atoms with E-state index >= 15 is 0 Å². The molecule has 0 saturated carbocycles. The average molecular weight is 289 g/mol. The fourth-order valence-electron chi connectivity index (χ4n) is 3.03. The van der Waals surface area contributed by atoms with Crippen LogP contribution in [0.5, 0.6) is 0 Å². The molecule has 2 rings (SSSR count). The van der Waals surface area contributed by atoms with Crippen LogP contribution in [0.1, 0.15) is 32.3 Å². The highest BCUT2D eigenvalue weighted by atomic mass is 16.2. The van der Waals surface area contributed by atoms with Crippen molar-refractivity contribution < 1.29 is 4.79 Å². The van der Waals surface area contributed by atoms with E-state index in [9.17, 15) is 4.79 Å². The number of anilines is 1. The summed E-state index contributed by atoms with van der Waals surface area (Å²) >= 11 is 0. The molecular formula is C17H27N3O. The summed E-state index contributed by atoms with van der Waals surface area (Å²) in [4.78, 5) is 16.7. The third-order valence-corrected chi connectivity index (χ3v) is 3.94.